The van der Waals surface area contributed by atoms with Gasteiger partial charge < -0.3 is 14.7 Å². The van der Waals surface area contributed by atoms with Crippen LogP contribution >= 0.6 is 0 Å². The fraction of sp³-hybridized carbons (Fsp3) is 0.286. The molecule has 3 aromatic rings. The van der Waals surface area contributed by atoms with Crippen molar-refractivity contribution in [2.45, 2.75) is 38.1 Å². The van der Waals surface area contributed by atoms with Gasteiger partial charge in [-0.3, -0.25) is 9.59 Å². The van der Waals surface area contributed by atoms with Crippen LogP contribution in [0, 0.1) is 5.92 Å². The van der Waals surface area contributed by atoms with Gasteiger partial charge in [-0.05, 0) is 66.6 Å². The van der Waals surface area contributed by atoms with Gasteiger partial charge in [-0.25, -0.2) is 0 Å². The van der Waals surface area contributed by atoms with Crippen molar-refractivity contribution in [3.05, 3.63) is 95.6 Å². The molecule has 4 rings (SSSR count). The minimum absolute atomic E-state index is 0.0683. The molecule has 5 heteroatoms. The highest BCUT2D eigenvalue weighted by atomic mass is 16.5. The Labute approximate surface area is 194 Å². The second-order valence-corrected chi connectivity index (χ2v) is 8.43. The fourth-order valence-corrected chi connectivity index (χ4v) is 4.68. The first-order valence-electron chi connectivity index (χ1n) is 11.4. The number of hydrogen-bond donors (Lipinski definition) is 1. The molecule has 2 unspecified atom stereocenters. The molecule has 2 atom stereocenters. The topological polar surface area (TPSA) is 66.8 Å². The summed E-state index contributed by atoms with van der Waals surface area (Å²) in [6.07, 6.45) is 3.16. The van der Waals surface area contributed by atoms with Crippen molar-refractivity contribution in [1.82, 2.24) is 0 Å². The molecule has 5 nitrogen and oxygen atoms in total. The first-order chi connectivity index (χ1) is 16.1. The summed E-state index contributed by atoms with van der Waals surface area (Å²) in [4.78, 5) is 26.4. The van der Waals surface area contributed by atoms with E-state index in [0.717, 1.165) is 41.8 Å². The van der Waals surface area contributed by atoms with E-state index in [9.17, 15) is 14.7 Å². The third-order valence-electron chi connectivity index (χ3n) is 6.37. The SMILES string of the molecule is COc1ccc(N2C(=O)C(CCCc3ccccc3)C2c2ccccc2CCC(=O)O)cc1. The number of aliphatic carboxylic acids is 1. The summed E-state index contributed by atoms with van der Waals surface area (Å²) in [5, 5.41) is 9.20. The number of carbonyl (C=O) groups excluding carboxylic acids is 1. The lowest BCUT2D eigenvalue weighted by atomic mass is 9.76. The van der Waals surface area contributed by atoms with Crippen LogP contribution in [0.4, 0.5) is 5.69 Å². The molecular formula is C28H29NO4. The maximum Gasteiger partial charge on any atom is 0.303 e. The fourth-order valence-electron chi connectivity index (χ4n) is 4.68. The van der Waals surface area contributed by atoms with Crippen molar-refractivity contribution in [2.24, 2.45) is 5.92 Å². The minimum atomic E-state index is -0.819. The Balaban J connectivity index is 1.59. The monoisotopic (exact) mass is 443 g/mol. The zero-order valence-electron chi connectivity index (χ0n) is 18.8. The van der Waals surface area contributed by atoms with E-state index in [1.807, 2.05) is 71.6 Å². The summed E-state index contributed by atoms with van der Waals surface area (Å²) < 4.78 is 5.27. The maximum absolute atomic E-state index is 13.3. The Morgan fingerprint density at radius 2 is 1.64 bits per heavy atom. The molecule has 3 aromatic carbocycles. The summed E-state index contributed by atoms with van der Waals surface area (Å²) in [5.41, 5.74) is 4.13. The number of benzene rings is 3. The molecule has 1 N–H and O–H groups in total. The van der Waals surface area contributed by atoms with Crippen LogP contribution in [0.2, 0.25) is 0 Å². The van der Waals surface area contributed by atoms with Gasteiger partial charge in [0, 0.05) is 12.1 Å². The van der Waals surface area contributed by atoms with E-state index in [0.29, 0.717) is 6.42 Å². The van der Waals surface area contributed by atoms with Crippen LogP contribution in [0.3, 0.4) is 0 Å². The number of nitrogens with zero attached hydrogens (tertiary/aromatic N) is 1. The van der Waals surface area contributed by atoms with Crippen LogP contribution in [0.1, 0.15) is 42.0 Å². The Kier molecular flexibility index (Phi) is 7.08. The molecule has 1 heterocycles. The number of rotatable bonds is 10. The molecule has 0 bridgehead atoms. The van der Waals surface area contributed by atoms with Gasteiger partial charge in [0.1, 0.15) is 5.75 Å². The molecule has 1 amide bonds. The number of methoxy groups -OCH3 is 1. The Bertz CT molecular complexity index is 1090. The van der Waals surface area contributed by atoms with Gasteiger partial charge in [0.25, 0.3) is 0 Å². The summed E-state index contributed by atoms with van der Waals surface area (Å²) in [5.74, 6) is -0.0847. The molecule has 0 aliphatic carbocycles. The lowest BCUT2D eigenvalue weighted by Crippen LogP contribution is -2.55. The number of carboxylic acid groups (broad SMARTS) is 1. The van der Waals surface area contributed by atoms with Crippen molar-refractivity contribution in [3.8, 4) is 5.75 Å². The smallest absolute Gasteiger partial charge is 0.303 e. The number of aryl methyl sites for hydroxylation is 2. The third-order valence-corrected chi connectivity index (χ3v) is 6.37. The number of ether oxygens (including phenoxy) is 1. The second-order valence-electron chi connectivity index (χ2n) is 8.43. The molecule has 33 heavy (non-hydrogen) atoms. The van der Waals surface area contributed by atoms with E-state index in [1.54, 1.807) is 7.11 Å². The van der Waals surface area contributed by atoms with E-state index in [4.69, 9.17) is 4.74 Å². The lowest BCUT2D eigenvalue weighted by Gasteiger charge is -2.48. The van der Waals surface area contributed by atoms with Gasteiger partial charge in [0.05, 0.1) is 19.1 Å². The summed E-state index contributed by atoms with van der Waals surface area (Å²) in [6, 6.07) is 25.7. The van der Waals surface area contributed by atoms with Gasteiger partial charge >= 0.3 is 5.97 Å². The average Bonchev–Trinajstić information content (AvgIpc) is 2.85. The minimum Gasteiger partial charge on any atom is -0.497 e. The largest absolute Gasteiger partial charge is 0.497 e. The van der Waals surface area contributed by atoms with Crippen LogP contribution in [-0.4, -0.2) is 24.1 Å². The molecule has 0 aromatic heterocycles. The average molecular weight is 444 g/mol. The highest BCUT2D eigenvalue weighted by Crippen LogP contribution is 2.47. The quantitative estimate of drug-likeness (QED) is 0.424. The molecule has 0 radical (unpaired) electrons. The van der Waals surface area contributed by atoms with E-state index in [2.05, 4.69) is 12.1 Å². The molecular weight excluding hydrogens is 414 g/mol. The van der Waals surface area contributed by atoms with Crippen molar-refractivity contribution in [3.63, 3.8) is 0 Å². The van der Waals surface area contributed by atoms with Crippen LogP contribution in [0.15, 0.2) is 78.9 Å². The Morgan fingerprint density at radius 3 is 2.33 bits per heavy atom. The molecule has 1 fully saturated rings. The van der Waals surface area contributed by atoms with Crippen LogP contribution in [0.25, 0.3) is 0 Å². The van der Waals surface area contributed by atoms with Gasteiger partial charge in [-0.2, -0.15) is 0 Å². The van der Waals surface area contributed by atoms with E-state index >= 15 is 0 Å². The first-order valence-corrected chi connectivity index (χ1v) is 11.4. The van der Waals surface area contributed by atoms with Gasteiger partial charge in [-0.15, -0.1) is 0 Å². The Hall–Kier alpha value is -3.60. The molecule has 1 aliphatic heterocycles. The summed E-state index contributed by atoms with van der Waals surface area (Å²) in [7, 11) is 1.62. The first kappa shape index (κ1) is 22.6. The van der Waals surface area contributed by atoms with E-state index < -0.39 is 5.97 Å². The number of anilines is 1. The summed E-state index contributed by atoms with van der Waals surface area (Å²) >= 11 is 0. The van der Waals surface area contributed by atoms with Crippen LogP contribution < -0.4 is 9.64 Å². The number of carbonyl (C=O) groups is 2. The zero-order chi connectivity index (χ0) is 23.2. The van der Waals surface area contributed by atoms with Crippen molar-refractivity contribution in [1.29, 1.82) is 0 Å². The van der Waals surface area contributed by atoms with E-state index in [1.165, 1.54) is 5.56 Å². The van der Waals surface area contributed by atoms with Crippen LogP contribution in [-0.2, 0) is 22.4 Å². The van der Waals surface area contributed by atoms with Crippen molar-refractivity contribution >= 4 is 17.6 Å². The van der Waals surface area contributed by atoms with E-state index in [-0.39, 0.29) is 24.3 Å². The lowest BCUT2D eigenvalue weighted by molar-refractivity contribution is -0.137. The predicted molar refractivity (Wildman–Crippen MR) is 128 cm³/mol. The normalized spacial score (nSPS) is 17.5. The molecule has 1 saturated heterocycles. The number of β-lactam (4-membered cyclic amide) rings is 1. The Morgan fingerprint density at radius 1 is 0.939 bits per heavy atom. The highest BCUT2D eigenvalue weighted by molar-refractivity contribution is 6.03. The van der Waals surface area contributed by atoms with Crippen molar-refractivity contribution in [2.75, 3.05) is 12.0 Å². The zero-order valence-corrected chi connectivity index (χ0v) is 18.8. The van der Waals surface area contributed by atoms with Gasteiger partial charge in [-0.1, -0.05) is 54.6 Å². The van der Waals surface area contributed by atoms with Crippen LogP contribution in [0.5, 0.6) is 5.75 Å². The van der Waals surface area contributed by atoms with Gasteiger partial charge in [0.15, 0.2) is 0 Å². The second kappa shape index (κ2) is 10.3. The molecule has 170 valence electrons. The van der Waals surface area contributed by atoms with Crippen molar-refractivity contribution < 1.29 is 19.4 Å². The highest BCUT2D eigenvalue weighted by Gasteiger charge is 2.48. The number of carboxylic acids is 1. The number of hydrogen-bond acceptors (Lipinski definition) is 3. The number of amides is 1. The molecule has 0 spiro atoms. The third kappa shape index (κ3) is 5.08. The standard InChI is InChI=1S/C28H29NO4/c1-33-23-17-15-22(16-18-23)29-27(24-12-6-5-11-21(24)14-19-26(30)31)25(28(29)32)13-7-10-20-8-3-2-4-9-20/h2-6,8-9,11-12,15-18,25,27H,7,10,13-14,19H2,1H3,(H,30,31). The molecule has 0 saturated carbocycles. The predicted octanol–water partition coefficient (Wildman–Crippen LogP) is 5.44. The molecule has 1 aliphatic rings. The maximum atomic E-state index is 13.3. The van der Waals surface area contributed by atoms with Gasteiger partial charge in [0.2, 0.25) is 5.91 Å². The summed E-state index contributed by atoms with van der Waals surface area (Å²) in [6.45, 7) is 0.